The highest BCUT2D eigenvalue weighted by Gasteiger charge is 2.91. The molecule has 4 nitrogen and oxygen atoms in total. The topological polar surface area (TPSA) is 52.9 Å². The third-order valence-electron chi connectivity index (χ3n) is 13.4. The van der Waals surface area contributed by atoms with Crippen LogP contribution in [0.15, 0.2) is 11.6 Å². The van der Waals surface area contributed by atoms with Crippen molar-refractivity contribution >= 4 is 0 Å². The van der Waals surface area contributed by atoms with Gasteiger partial charge in [-0.1, -0.05) is 25.5 Å². The fourth-order valence-electron chi connectivity index (χ4n) is 12.3. The number of allylic oxidation sites excluding steroid dienone is 1. The highest BCUT2D eigenvalue weighted by molar-refractivity contribution is 5.42. The summed E-state index contributed by atoms with van der Waals surface area (Å²) in [6, 6.07) is 0.558. The molecule has 0 aromatic rings. The predicted molar refractivity (Wildman–Crippen MR) is 126 cm³/mol. The number of fused-ring (bicyclic) bond motifs is 6. The Balaban J connectivity index is 1.12. The lowest BCUT2D eigenvalue weighted by molar-refractivity contribution is -0.211. The van der Waals surface area contributed by atoms with Crippen LogP contribution >= 0.6 is 0 Å². The monoisotopic (exact) mass is 453 g/mol. The highest BCUT2D eigenvalue weighted by atomic mass is 16.5. The van der Waals surface area contributed by atoms with Crippen molar-refractivity contribution < 1.29 is 14.9 Å². The SMILES string of the molecule is C[C@H]1C[C@H]2O[C@@]34CC[C@H]5C6CC=C7C[C@@H](O)CC[C@]7(C)[C@H]6CC56CC63C[C@@H]4[C@@H]2N(CCO)C1. The quantitative estimate of drug-likeness (QED) is 0.617. The second-order valence-electron chi connectivity index (χ2n) is 14.2. The molecule has 12 atom stereocenters. The van der Waals surface area contributed by atoms with Gasteiger partial charge in [0.1, 0.15) is 0 Å². The van der Waals surface area contributed by atoms with Gasteiger partial charge in [0.15, 0.2) is 0 Å². The molecular weight excluding hydrogens is 410 g/mol. The number of aliphatic hydroxyl groups is 2. The van der Waals surface area contributed by atoms with Crippen LogP contribution < -0.4 is 0 Å². The lowest BCUT2D eigenvalue weighted by atomic mass is 9.47. The first-order chi connectivity index (χ1) is 15.9. The molecule has 2 aliphatic heterocycles. The Morgan fingerprint density at radius 2 is 2.03 bits per heavy atom. The first-order valence-corrected chi connectivity index (χ1v) is 14.3. The Hall–Kier alpha value is -0.420. The van der Waals surface area contributed by atoms with Crippen LogP contribution in [0.1, 0.15) is 78.1 Å². The van der Waals surface area contributed by atoms with Crippen LogP contribution in [-0.2, 0) is 4.74 Å². The Bertz CT molecular complexity index is 919. The van der Waals surface area contributed by atoms with Gasteiger partial charge in [0.25, 0.3) is 0 Å². The zero-order valence-corrected chi connectivity index (χ0v) is 20.6. The maximum absolute atomic E-state index is 10.4. The molecule has 0 aromatic heterocycles. The first-order valence-electron chi connectivity index (χ1n) is 14.3. The van der Waals surface area contributed by atoms with E-state index in [1.54, 1.807) is 5.57 Å². The van der Waals surface area contributed by atoms with Crippen LogP contribution in [-0.4, -0.2) is 58.7 Å². The van der Waals surface area contributed by atoms with Gasteiger partial charge in [-0.3, -0.25) is 4.90 Å². The van der Waals surface area contributed by atoms with Crippen LogP contribution in [0.2, 0.25) is 0 Å². The Morgan fingerprint density at radius 1 is 1.15 bits per heavy atom. The van der Waals surface area contributed by atoms with Crippen molar-refractivity contribution in [3.8, 4) is 0 Å². The zero-order chi connectivity index (χ0) is 22.4. The molecule has 182 valence electrons. The van der Waals surface area contributed by atoms with Gasteiger partial charge in [-0.05, 0) is 98.7 Å². The Kier molecular flexibility index (Phi) is 3.95. The summed E-state index contributed by atoms with van der Waals surface area (Å²) < 4.78 is 7.28. The van der Waals surface area contributed by atoms with E-state index < -0.39 is 0 Å². The number of nitrogens with zero attached hydrogens (tertiary/aromatic N) is 1. The molecule has 3 unspecified atom stereocenters. The summed E-state index contributed by atoms with van der Waals surface area (Å²) in [5, 5.41) is 20.1. The van der Waals surface area contributed by atoms with E-state index in [4.69, 9.17) is 4.74 Å². The van der Waals surface area contributed by atoms with Gasteiger partial charge in [-0.2, -0.15) is 0 Å². The van der Waals surface area contributed by atoms with Crippen molar-refractivity contribution in [2.45, 2.75) is 102 Å². The third-order valence-corrected chi connectivity index (χ3v) is 13.4. The van der Waals surface area contributed by atoms with Crippen molar-refractivity contribution in [2.75, 3.05) is 19.7 Å². The van der Waals surface area contributed by atoms with Crippen molar-refractivity contribution in [2.24, 2.45) is 45.8 Å². The number of ether oxygens (including phenoxy) is 1. The molecule has 2 saturated heterocycles. The van der Waals surface area contributed by atoms with E-state index in [1.165, 1.54) is 51.4 Å². The average Bonchev–Trinajstić information content (AvgIpc) is 3.25. The number of aliphatic hydroxyl groups excluding tert-OH is 2. The van der Waals surface area contributed by atoms with Crippen LogP contribution in [0, 0.1) is 45.8 Å². The highest BCUT2D eigenvalue weighted by Crippen LogP contribution is 2.93. The van der Waals surface area contributed by atoms with E-state index >= 15 is 0 Å². The normalized spacial score (nSPS) is 62.5. The van der Waals surface area contributed by atoms with Crippen LogP contribution in [0.25, 0.3) is 0 Å². The molecule has 0 bridgehead atoms. The Labute approximate surface area is 199 Å². The zero-order valence-electron chi connectivity index (χ0n) is 20.6. The molecule has 8 aliphatic rings. The van der Waals surface area contributed by atoms with E-state index in [0.717, 1.165) is 43.7 Å². The average molecular weight is 454 g/mol. The number of rotatable bonds is 2. The molecule has 0 radical (unpaired) electrons. The summed E-state index contributed by atoms with van der Waals surface area (Å²) in [6.45, 7) is 7.19. The summed E-state index contributed by atoms with van der Waals surface area (Å²) in [7, 11) is 0. The van der Waals surface area contributed by atoms with Gasteiger partial charge in [0.05, 0.1) is 24.4 Å². The van der Waals surface area contributed by atoms with E-state index in [2.05, 4.69) is 24.8 Å². The summed E-state index contributed by atoms with van der Waals surface area (Å²) in [6.07, 6.45) is 15.5. The smallest absolute Gasteiger partial charge is 0.0793 e. The lowest BCUT2D eigenvalue weighted by Gasteiger charge is -2.60. The predicted octanol–water partition coefficient (Wildman–Crippen LogP) is 4.15. The maximum Gasteiger partial charge on any atom is 0.0793 e. The summed E-state index contributed by atoms with van der Waals surface area (Å²) in [4.78, 5) is 2.62. The second-order valence-corrected chi connectivity index (χ2v) is 14.2. The number of hydrogen-bond donors (Lipinski definition) is 2. The standard InChI is InChI=1S/C29H43NO3/c1-17-11-24-25(30(15-17)9-10-31)23-14-28-16-27(28)13-22-20(21(27)6-8-29(23,28)33-24)4-3-18-12-19(32)5-7-26(18,22)2/h3,17,19-25,31-32H,4-16H2,1-2H3/t17-,19-,20?,21-,22-,23+,24+,25-,26-,27?,28?,29+/m0/s1. The molecule has 7 fully saturated rings. The minimum atomic E-state index is -0.106. The lowest BCUT2D eigenvalue weighted by Crippen LogP contribution is -2.64. The number of likely N-dealkylation sites (tertiary alicyclic amines) is 1. The second kappa shape index (κ2) is 6.28. The van der Waals surface area contributed by atoms with Gasteiger partial charge in [-0.25, -0.2) is 0 Å². The van der Waals surface area contributed by atoms with Crippen LogP contribution in [0.5, 0.6) is 0 Å². The molecule has 2 N–H and O–H groups in total. The van der Waals surface area contributed by atoms with E-state index in [1.807, 2.05) is 0 Å². The number of hydrogen-bond acceptors (Lipinski definition) is 4. The molecule has 6 aliphatic carbocycles. The fraction of sp³-hybridized carbons (Fsp3) is 0.931. The van der Waals surface area contributed by atoms with Gasteiger partial charge in [0.2, 0.25) is 0 Å². The minimum Gasteiger partial charge on any atom is -0.395 e. The molecule has 33 heavy (non-hydrogen) atoms. The van der Waals surface area contributed by atoms with Crippen LogP contribution in [0.3, 0.4) is 0 Å². The van der Waals surface area contributed by atoms with E-state index in [-0.39, 0.29) is 18.3 Å². The number of β-amino-alcohol motifs (C(OH)–C–C–N with tert-alkyl or cyclic N) is 1. The van der Waals surface area contributed by atoms with Crippen molar-refractivity contribution in [3.05, 3.63) is 11.6 Å². The summed E-state index contributed by atoms with van der Waals surface area (Å²) in [5.74, 6) is 4.00. The molecule has 0 aromatic carbocycles. The Morgan fingerprint density at radius 3 is 2.88 bits per heavy atom. The summed E-state index contributed by atoms with van der Waals surface area (Å²) in [5.41, 5.74) is 3.13. The molecule has 5 saturated carbocycles. The molecule has 2 heterocycles. The first kappa shape index (κ1) is 20.7. The largest absolute Gasteiger partial charge is 0.395 e. The van der Waals surface area contributed by atoms with Crippen molar-refractivity contribution in [1.82, 2.24) is 4.90 Å². The van der Waals surface area contributed by atoms with Gasteiger partial charge >= 0.3 is 0 Å². The van der Waals surface area contributed by atoms with E-state index in [9.17, 15) is 10.2 Å². The third kappa shape index (κ3) is 2.18. The minimum absolute atomic E-state index is 0.106. The molecule has 8 rings (SSSR count). The summed E-state index contributed by atoms with van der Waals surface area (Å²) >= 11 is 0. The number of piperidine rings is 1. The molecule has 0 amide bonds. The van der Waals surface area contributed by atoms with Gasteiger partial charge < -0.3 is 14.9 Å². The van der Waals surface area contributed by atoms with E-state index in [0.29, 0.717) is 40.2 Å². The van der Waals surface area contributed by atoms with Gasteiger partial charge in [0, 0.05) is 30.5 Å². The van der Waals surface area contributed by atoms with Gasteiger partial charge in [-0.15, -0.1) is 0 Å². The molecule has 3 spiro atoms. The van der Waals surface area contributed by atoms with Crippen LogP contribution in [0.4, 0.5) is 0 Å². The van der Waals surface area contributed by atoms with Crippen molar-refractivity contribution in [3.63, 3.8) is 0 Å². The molecular formula is C29H43NO3. The maximum atomic E-state index is 10.4. The fourth-order valence-corrected chi connectivity index (χ4v) is 12.3. The molecule has 4 heteroatoms. The van der Waals surface area contributed by atoms with Crippen molar-refractivity contribution in [1.29, 1.82) is 0 Å².